The Morgan fingerprint density at radius 3 is 2.58 bits per heavy atom. The second-order valence-corrected chi connectivity index (χ2v) is 8.32. The Morgan fingerprint density at radius 2 is 2.00 bits per heavy atom. The van der Waals surface area contributed by atoms with Crippen molar-refractivity contribution in [3.8, 4) is 0 Å². The molecule has 1 aromatic carbocycles. The molecule has 2 aromatic rings. The molecule has 1 amide bonds. The van der Waals surface area contributed by atoms with Crippen molar-refractivity contribution < 1.29 is 14.6 Å². The number of aryl methyl sites for hydroxylation is 2. The predicted molar refractivity (Wildman–Crippen MR) is 98.7 cm³/mol. The first-order valence-corrected chi connectivity index (χ1v) is 8.98. The first-order chi connectivity index (χ1) is 11.3. The second-order valence-electron chi connectivity index (χ2n) is 5.78. The van der Waals surface area contributed by atoms with Gasteiger partial charge in [-0.2, -0.15) is 0 Å². The highest BCUT2D eigenvalue weighted by Crippen LogP contribution is 2.27. The lowest BCUT2D eigenvalue weighted by Crippen LogP contribution is -3.08. The van der Waals surface area contributed by atoms with Crippen LogP contribution in [0.4, 0.5) is 11.4 Å². The van der Waals surface area contributed by atoms with Crippen LogP contribution >= 0.6 is 27.3 Å². The highest BCUT2D eigenvalue weighted by Gasteiger charge is 2.19. The molecule has 0 fully saturated rings. The van der Waals surface area contributed by atoms with E-state index in [0.29, 0.717) is 0 Å². The summed E-state index contributed by atoms with van der Waals surface area (Å²) < 4.78 is 1.06. The van der Waals surface area contributed by atoms with Crippen molar-refractivity contribution in [2.75, 3.05) is 18.9 Å². The van der Waals surface area contributed by atoms with Gasteiger partial charge in [-0.25, -0.2) is 0 Å². The highest BCUT2D eigenvalue weighted by molar-refractivity contribution is 9.11. The number of amides is 1. The van der Waals surface area contributed by atoms with Gasteiger partial charge in [0.05, 0.1) is 20.6 Å². The third kappa shape index (κ3) is 4.86. The molecular weight excluding hydrogens is 394 g/mol. The minimum Gasteiger partial charge on any atom is -0.325 e. The molecule has 8 heteroatoms. The standard InChI is InChI=1S/C16H18BrN3O3S/c1-10-6-13(14(20(22)23)7-11(10)2)18-16(21)9-19(3)8-12-4-5-15(17)24-12/h4-7H,8-9H2,1-3H3,(H,18,21)/p+1. The zero-order valence-corrected chi connectivity index (χ0v) is 16.1. The molecule has 0 aliphatic rings. The SMILES string of the molecule is Cc1cc(NC(=O)C[NH+](C)Cc2ccc(Br)s2)c([N+](=O)[O-])cc1C. The maximum absolute atomic E-state index is 12.2. The zero-order valence-electron chi connectivity index (χ0n) is 13.7. The van der Waals surface area contributed by atoms with E-state index in [1.807, 2.05) is 33.0 Å². The van der Waals surface area contributed by atoms with E-state index in [-0.39, 0.29) is 23.8 Å². The number of nitro groups is 1. The first-order valence-electron chi connectivity index (χ1n) is 7.37. The maximum atomic E-state index is 12.2. The average molecular weight is 413 g/mol. The third-order valence-corrected chi connectivity index (χ3v) is 5.27. The molecule has 2 N–H and O–H groups in total. The van der Waals surface area contributed by atoms with Crippen LogP contribution in [-0.4, -0.2) is 24.4 Å². The molecule has 1 atom stereocenters. The number of rotatable bonds is 6. The smallest absolute Gasteiger partial charge is 0.293 e. The molecular formula is C16H19BrN3O3S+. The van der Waals surface area contributed by atoms with Gasteiger partial charge in [0.1, 0.15) is 12.2 Å². The lowest BCUT2D eigenvalue weighted by Gasteiger charge is -2.13. The van der Waals surface area contributed by atoms with Crippen LogP contribution in [0, 0.1) is 24.0 Å². The quantitative estimate of drug-likeness (QED) is 0.565. The number of nitro benzene ring substituents is 1. The molecule has 0 radical (unpaired) electrons. The van der Waals surface area contributed by atoms with E-state index >= 15 is 0 Å². The fraction of sp³-hybridized carbons (Fsp3) is 0.312. The number of carbonyl (C=O) groups excluding carboxylic acids is 1. The van der Waals surface area contributed by atoms with Crippen LogP contribution in [0.15, 0.2) is 28.1 Å². The molecule has 0 bridgehead atoms. The number of hydrogen-bond acceptors (Lipinski definition) is 4. The van der Waals surface area contributed by atoms with Gasteiger partial charge >= 0.3 is 0 Å². The topological polar surface area (TPSA) is 76.7 Å². The maximum Gasteiger partial charge on any atom is 0.293 e. The number of hydrogen-bond donors (Lipinski definition) is 2. The summed E-state index contributed by atoms with van der Waals surface area (Å²) in [6, 6.07) is 7.14. The molecule has 6 nitrogen and oxygen atoms in total. The molecule has 0 saturated carbocycles. The minimum absolute atomic E-state index is 0.0775. The lowest BCUT2D eigenvalue weighted by molar-refractivity contribution is -0.884. The number of halogens is 1. The van der Waals surface area contributed by atoms with Crippen molar-refractivity contribution >= 4 is 44.5 Å². The summed E-state index contributed by atoms with van der Waals surface area (Å²) in [5.74, 6) is -0.241. The number of benzene rings is 1. The van der Waals surface area contributed by atoms with Crippen LogP contribution in [0.5, 0.6) is 0 Å². The fourth-order valence-electron chi connectivity index (χ4n) is 2.33. The summed E-state index contributed by atoms with van der Waals surface area (Å²) in [6.07, 6.45) is 0. The van der Waals surface area contributed by atoms with E-state index in [1.54, 1.807) is 17.4 Å². The van der Waals surface area contributed by atoms with E-state index in [1.165, 1.54) is 10.9 Å². The third-order valence-electron chi connectivity index (χ3n) is 3.65. The minimum atomic E-state index is -0.470. The molecule has 0 aliphatic heterocycles. The number of anilines is 1. The van der Waals surface area contributed by atoms with Gasteiger partial charge < -0.3 is 10.2 Å². The van der Waals surface area contributed by atoms with Gasteiger partial charge in [0.15, 0.2) is 6.54 Å². The van der Waals surface area contributed by atoms with Crippen LogP contribution < -0.4 is 10.2 Å². The van der Waals surface area contributed by atoms with Crippen molar-refractivity contribution in [3.63, 3.8) is 0 Å². The molecule has 2 rings (SSSR count). The van der Waals surface area contributed by atoms with Gasteiger partial charge in [0.25, 0.3) is 11.6 Å². The van der Waals surface area contributed by atoms with Gasteiger partial charge in [-0.05, 0) is 59.1 Å². The summed E-state index contributed by atoms with van der Waals surface area (Å²) in [7, 11) is 1.92. The normalized spacial score (nSPS) is 12.0. The van der Waals surface area contributed by atoms with Gasteiger partial charge in [-0.15, -0.1) is 11.3 Å². The predicted octanol–water partition coefficient (Wildman–Crippen LogP) is 2.69. The molecule has 1 unspecified atom stereocenters. The Labute approximate surface area is 152 Å². The van der Waals surface area contributed by atoms with Crippen LogP contribution in [0.3, 0.4) is 0 Å². The monoisotopic (exact) mass is 412 g/mol. The van der Waals surface area contributed by atoms with E-state index in [0.717, 1.165) is 26.4 Å². The van der Waals surface area contributed by atoms with Crippen LogP contribution in [0.25, 0.3) is 0 Å². The molecule has 1 aromatic heterocycles. The van der Waals surface area contributed by atoms with Gasteiger partial charge in [-0.3, -0.25) is 14.9 Å². The number of likely N-dealkylation sites (N-methyl/N-ethyl adjacent to an activating group) is 1. The number of nitrogens with one attached hydrogen (secondary N) is 2. The van der Waals surface area contributed by atoms with Crippen molar-refractivity contribution in [1.29, 1.82) is 0 Å². The van der Waals surface area contributed by atoms with E-state index in [4.69, 9.17) is 0 Å². The van der Waals surface area contributed by atoms with Crippen molar-refractivity contribution in [2.45, 2.75) is 20.4 Å². The van der Waals surface area contributed by atoms with E-state index in [9.17, 15) is 14.9 Å². The Kier molecular flexibility index (Phi) is 6.09. The average Bonchev–Trinajstić information content (AvgIpc) is 2.87. The Balaban J connectivity index is 2.04. The summed E-state index contributed by atoms with van der Waals surface area (Å²) in [6.45, 7) is 4.63. The lowest BCUT2D eigenvalue weighted by atomic mass is 10.1. The summed E-state index contributed by atoms with van der Waals surface area (Å²) in [5, 5.41) is 13.9. The van der Waals surface area contributed by atoms with Crippen LogP contribution in [0.1, 0.15) is 16.0 Å². The molecule has 0 spiro atoms. The zero-order chi connectivity index (χ0) is 17.9. The first kappa shape index (κ1) is 18.6. The van der Waals surface area contributed by atoms with Gasteiger partial charge in [0, 0.05) is 6.07 Å². The number of quaternary nitrogens is 1. The Morgan fingerprint density at radius 1 is 1.33 bits per heavy atom. The largest absolute Gasteiger partial charge is 0.325 e. The Bertz CT molecular complexity index is 776. The summed E-state index contributed by atoms with van der Waals surface area (Å²) in [5.41, 5.74) is 1.90. The molecule has 0 saturated heterocycles. The van der Waals surface area contributed by atoms with E-state index in [2.05, 4.69) is 21.2 Å². The highest BCUT2D eigenvalue weighted by atomic mass is 79.9. The van der Waals surface area contributed by atoms with Crippen LogP contribution in [-0.2, 0) is 11.3 Å². The molecule has 1 heterocycles. The number of thiophene rings is 1. The fourth-order valence-corrected chi connectivity index (χ4v) is 3.92. The van der Waals surface area contributed by atoms with Gasteiger partial charge in [0.2, 0.25) is 0 Å². The van der Waals surface area contributed by atoms with Crippen molar-refractivity contribution in [1.82, 2.24) is 0 Å². The number of nitrogens with zero attached hydrogens (tertiary/aromatic N) is 1. The van der Waals surface area contributed by atoms with Crippen molar-refractivity contribution in [3.05, 3.63) is 54.2 Å². The van der Waals surface area contributed by atoms with Crippen molar-refractivity contribution in [2.24, 2.45) is 0 Å². The van der Waals surface area contributed by atoms with Crippen LogP contribution in [0.2, 0.25) is 0 Å². The Hall–Kier alpha value is -1.77. The van der Waals surface area contributed by atoms with E-state index < -0.39 is 4.92 Å². The molecule has 0 aliphatic carbocycles. The molecule has 128 valence electrons. The van der Waals surface area contributed by atoms with Gasteiger partial charge in [-0.1, -0.05) is 0 Å². The number of carbonyl (C=O) groups is 1. The summed E-state index contributed by atoms with van der Waals surface area (Å²) in [4.78, 5) is 25.1. The second kappa shape index (κ2) is 7.87. The molecule has 24 heavy (non-hydrogen) atoms. The summed E-state index contributed by atoms with van der Waals surface area (Å²) >= 11 is 5.05.